The van der Waals surface area contributed by atoms with Crippen LogP contribution in [0.4, 0.5) is 4.39 Å². The van der Waals surface area contributed by atoms with Crippen LogP contribution in [0.1, 0.15) is 35.7 Å². The summed E-state index contributed by atoms with van der Waals surface area (Å²) in [5.41, 5.74) is 1.32. The Morgan fingerprint density at radius 3 is 2.27 bits per heavy atom. The van der Waals surface area contributed by atoms with Gasteiger partial charge in [-0.2, -0.15) is 0 Å². The zero-order chi connectivity index (χ0) is 19.1. The van der Waals surface area contributed by atoms with Crippen molar-refractivity contribution in [1.29, 1.82) is 0 Å². The van der Waals surface area contributed by atoms with Crippen LogP contribution >= 0.6 is 0 Å². The van der Waals surface area contributed by atoms with Gasteiger partial charge in [-0.1, -0.05) is 12.1 Å². The second kappa shape index (κ2) is 9.10. The number of aryl methyl sites for hydroxylation is 1. The molecular formula is C20H22FNO4. The van der Waals surface area contributed by atoms with Gasteiger partial charge in [0.25, 0.3) is 0 Å². The first-order chi connectivity index (χ1) is 12.3. The van der Waals surface area contributed by atoms with Crippen molar-refractivity contribution >= 4 is 11.8 Å². The molecule has 0 aromatic heterocycles. The van der Waals surface area contributed by atoms with Crippen molar-refractivity contribution in [3.63, 3.8) is 0 Å². The molecule has 3 N–H and O–H groups in total. The second-order valence-corrected chi connectivity index (χ2v) is 6.30. The van der Waals surface area contributed by atoms with E-state index in [1.54, 1.807) is 31.2 Å². The average Bonchev–Trinajstić information content (AvgIpc) is 2.60. The quantitative estimate of drug-likeness (QED) is 0.599. The molecule has 2 aromatic carbocycles. The van der Waals surface area contributed by atoms with Gasteiger partial charge in [-0.05, 0) is 61.7 Å². The molecule has 2 rings (SSSR count). The summed E-state index contributed by atoms with van der Waals surface area (Å²) in [5, 5.41) is 21.6. The Morgan fingerprint density at radius 1 is 1.08 bits per heavy atom. The van der Waals surface area contributed by atoms with Crippen LogP contribution in [-0.2, 0) is 11.2 Å². The Bertz CT molecular complexity index is 743. The number of nitrogens with one attached hydrogen (secondary N) is 1. The van der Waals surface area contributed by atoms with E-state index in [0.717, 1.165) is 5.56 Å². The van der Waals surface area contributed by atoms with Gasteiger partial charge in [0.2, 0.25) is 0 Å². The van der Waals surface area contributed by atoms with Crippen molar-refractivity contribution in [3.05, 3.63) is 65.5 Å². The minimum absolute atomic E-state index is 0.120. The van der Waals surface area contributed by atoms with Gasteiger partial charge >= 0.3 is 5.97 Å². The molecule has 0 spiro atoms. The number of benzene rings is 2. The minimum atomic E-state index is -0.982. The molecule has 0 radical (unpaired) electrons. The molecule has 0 aliphatic carbocycles. The number of carboxylic acid groups (broad SMARTS) is 1. The zero-order valence-corrected chi connectivity index (χ0v) is 14.5. The number of phenols is 1. The molecule has 0 heterocycles. The first-order valence-electron chi connectivity index (χ1n) is 8.40. The normalized spacial score (nSPS) is 13.2. The minimum Gasteiger partial charge on any atom is -0.508 e. The molecule has 2 atom stereocenters. The molecular weight excluding hydrogens is 337 g/mol. The van der Waals surface area contributed by atoms with Crippen LogP contribution in [0, 0.1) is 5.82 Å². The lowest BCUT2D eigenvalue weighted by Crippen LogP contribution is -2.43. The maximum Gasteiger partial charge on any atom is 0.320 e. The highest BCUT2D eigenvalue weighted by Crippen LogP contribution is 2.13. The number of hydrogen-bond acceptors (Lipinski definition) is 4. The average molecular weight is 359 g/mol. The molecule has 5 nitrogen and oxygen atoms in total. The third-order valence-electron chi connectivity index (χ3n) is 4.10. The molecule has 0 amide bonds. The molecule has 0 aliphatic rings. The van der Waals surface area contributed by atoms with Gasteiger partial charge in [0.05, 0.1) is 0 Å². The number of aliphatic carboxylic acids is 1. The molecule has 138 valence electrons. The first kappa shape index (κ1) is 19.6. The molecule has 0 saturated heterocycles. The summed E-state index contributed by atoms with van der Waals surface area (Å²) in [4.78, 5) is 23.7. The SMILES string of the molecule is CC(CC(=O)c1ccc(F)cc1)NC(CCc1ccc(O)cc1)C(=O)O. The Hall–Kier alpha value is -2.73. The van der Waals surface area contributed by atoms with Crippen LogP contribution < -0.4 is 5.32 Å². The van der Waals surface area contributed by atoms with E-state index in [0.29, 0.717) is 18.4 Å². The Morgan fingerprint density at radius 2 is 1.69 bits per heavy atom. The molecule has 0 fully saturated rings. The monoisotopic (exact) mass is 359 g/mol. The maximum absolute atomic E-state index is 12.9. The molecule has 6 heteroatoms. The van der Waals surface area contributed by atoms with E-state index >= 15 is 0 Å². The summed E-state index contributed by atoms with van der Waals surface area (Å²) in [6.07, 6.45) is 1.01. The summed E-state index contributed by atoms with van der Waals surface area (Å²) in [6, 6.07) is 10.8. The number of hydrogen-bond donors (Lipinski definition) is 3. The summed E-state index contributed by atoms with van der Waals surface area (Å²) in [6.45, 7) is 1.75. The summed E-state index contributed by atoms with van der Waals surface area (Å²) >= 11 is 0. The van der Waals surface area contributed by atoms with Crippen molar-refractivity contribution < 1.29 is 24.2 Å². The predicted octanol–water partition coefficient (Wildman–Crippen LogP) is 3.17. The lowest BCUT2D eigenvalue weighted by Gasteiger charge is -2.20. The van der Waals surface area contributed by atoms with Gasteiger partial charge in [-0.25, -0.2) is 4.39 Å². The molecule has 2 aromatic rings. The molecule has 0 aliphatic heterocycles. The number of phenolic OH excluding ortho intramolecular Hbond substituents is 1. The van der Waals surface area contributed by atoms with Gasteiger partial charge in [0, 0.05) is 18.0 Å². The van der Waals surface area contributed by atoms with Crippen molar-refractivity contribution in [2.24, 2.45) is 0 Å². The van der Waals surface area contributed by atoms with E-state index in [9.17, 15) is 24.2 Å². The number of halogens is 1. The van der Waals surface area contributed by atoms with Crippen molar-refractivity contribution in [2.75, 3.05) is 0 Å². The van der Waals surface area contributed by atoms with E-state index in [-0.39, 0.29) is 24.0 Å². The van der Waals surface area contributed by atoms with Gasteiger partial charge in [0.1, 0.15) is 17.6 Å². The van der Waals surface area contributed by atoms with E-state index in [1.807, 2.05) is 0 Å². The van der Waals surface area contributed by atoms with Crippen LogP contribution in [-0.4, -0.2) is 34.0 Å². The van der Waals surface area contributed by atoms with Gasteiger partial charge in [0.15, 0.2) is 5.78 Å². The Kier molecular flexibility index (Phi) is 6.86. The standard InChI is InChI=1S/C20H22FNO4/c1-13(12-19(24)15-5-7-16(21)8-6-15)22-18(20(25)26)11-4-14-2-9-17(23)10-3-14/h2-3,5-10,13,18,22-23H,4,11-12H2,1H3,(H,25,26). The number of carbonyl (C=O) groups is 2. The molecule has 2 unspecified atom stereocenters. The number of carbonyl (C=O) groups excluding carboxylic acids is 1. The Labute approximate surface area is 151 Å². The highest BCUT2D eigenvalue weighted by molar-refractivity contribution is 5.96. The fraction of sp³-hybridized carbons (Fsp3) is 0.300. The van der Waals surface area contributed by atoms with Crippen LogP contribution in [0.25, 0.3) is 0 Å². The Balaban J connectivity index is 1.89. The van der Waals surface area contributed by atoms with E-state index in [1.165, 1.54) is 24.3 Å². The van der Waals surface area contributed by atoms with Gasteiger partial charge in [-0.15, -0.1) is 0 Å². The summed E-state index contributed by atoms with van der Waals surface area (Å²) < 4.78 is 12.9. The summed E-state index contributed by atoms with van der Waals surface area (Å²) in [7, 11) is 0. The molecule has 0 saturated carbocycles. The number of carboxylic acids is 1. The first-order valence-corrected chi connectivity index (χ1v) is 8.40. The lowest BCUT2D eigenvalue weighted by atomic mass is 10.0. The third-order valence-corrected chi connectivity index (χ3v) is 4.10. The van der Waals surface area contributed by atoms with Crippen molar-refractivity contribution in [3.8, 4) is 5.75 Å². The smallest absolute Gasteiger partial charge is 0.320 e. The fourth-order valence-corrected chi connectivity index (χ4v) is 2.69. The van der Waals surface area contributed by atoms with Crippen LogP contribution in [0.3, 0.4) is 0 Å². The van der Waals surface area contributed by atoms with Crippen LogP contribution in [0.15, 0.2) is 48.5 Å². The van der Waals surface area contributed by atoms with Crippen molar-refractivity contribution in [1.82, 2.24) is 5.32 Å². The van der Waals surface area contributed by atoms with E-state index in [2.05, 4.69) is 5.32 Å². The second-order valence-electron chi connectivity index (χ2n) is 6.30. The van der Waals surface area contributed by atoms with Crippen LogP contribution in [0.5, 0.6) is 5.75 Å². The highest BCUT2D eigenvalue weighted by Gasteiger charge is 2.21. The van der Waals surface area contributed by atoms with E-state index < -0.39 is 17.8 Å². The van der Waals surface area contributed by atoms with Crippen molar-refractivity contribution in [2.45, 2.75) is 38.3 Å². The number of rotatable bonds is 9. The van der Waals surface area contributed by atoms with E-state index in [4.69, 9.17) is 0 Å². The molecule has 0 bridgehead atoms. The maximum atomic E-state index is 12.9. The number of Topliss-reactive ketones (excluding diaryl/α,β-unsaturated/α-hetero) is 1. The van der Waals surface area contributed by atoms with Gasteiger partial charge in [-0.3, -0.25) is 9.59 Å². The van der Waals surface area contributed by atoms with Gasteiger partial charge < -0.3 is 15.5 Å². The fourth-order valence-electron chi connectivity index (χ4n) is 2.69. The lowest BCUT2D eigenvalue weighted by molar-refractivity contribution is -0.139. The number of aromatic hydroxyl groups is 1. The van der Waals surface area contributed by atoms with Crippen LogP contribution in [0.2, 0.25) is 0 Å². The highest BCUT2D eigenvalue weighted by atomic mass is 19.1. The third kappa shape index (κ3) is 5.97. The molecule has 26 heavy (non-hydrogen) atoms. The topological polar surface area (TPSA) is 86.6 Å². The largest absolute Gasteiger partial charge is 0.508 e. The summed E-state index contributed by atoms with van der Waals surface area (Å²) in [5.74, 6) is -1.40. The zero-order valence-electron chi connectivity index (χ0n) is 14.5. The predicted molar refractivity (Wildman–Crippen MR) is 95.8 cm³/mol. The number of ketones is 1.